The molecule has 4 rings (SSSR count). The highest BCUT2D eigenvalue weighted by atomic mass is 15.2. The van der Waals surface area contributed by atoms with E-state index in [4.69, 9.17) is 9.97 Å². The van der Waals surface area contributed by atoms with Crippen LogP contribution in [0.2, 0.25) is 0 Å². The second-order valence-corrected chi connectivity index (χ2v) is 6.95. The van der Waals surface area contributed by atoms with Crippen molar-refractivity contribution in [2.24, 2.45) is 0 Å². The van der Waals surface area contributed by atoms with Gasteiger partial charge in [-0.1, -0.05) is 6.92 Å². The summed E-state index contributed by atoms with van der Waals surface area (Å²) in [6, 6.07) is 1.53. The molecule has 0 radical (unpaired) electrons. The number of nitrogens with one attached hydrogen (secondary N) is 1. The van der Waals surface area contributed by atoms with Crippen LogP contribution in [0.25, 0.3) is 0 Å². The van der Waals surface area contributed by atoms with Crippen molar-refractivity contribution < 1.29 is 0 Å². The van der Waals surface area contributed by atoms with Crippen LogP contribution in [0.3, 0.4) is 0 Å². The lowest BCUT2D eigenvalue weighted by atomic mass is 9.89. The molecule has 0 amide bonds. The van der Waals surface area contributed by atoms with Crippen LogP contribution in [0, 0.1) is 0 Å². The molecule has 0 saturated carbocycles. The summed E-state index contributed by atoms with van der Waals surface area (Å²) in [5.74, 6) is 1.74. The van der Waals surface area contributed by atoms with Gasteiger partial charge >= 0.3 is 0 Å². The summed E-state index contributed by atoms with van der Waals surface area (Å²) in [6.07, 6.45) is 7.34. The van der Waals surface area contributed by atoms with Crippen molar-refractivity contribution in [2.75, 3.05) is 13.6 Å². The van der Waals surface area contributed by atoms with Crippen LogP contribution in [0.1, 0.15) is 61.3 Å². The van der Waals surface area contributed by atoms with Gasteiger partial charge in [0.2, 0.25) is 0 Å². The lowest BCUT2D eigenvalue weighted by molar-refractivity contribution is 0.158. The van der Waals surface area contributed by atoms with E-state index in [1.165, 1.54) is 42.6 Å². The third-order valence-corrected chi connectivity index (χ3v) is 5.83. The third kappa shape index (κ3) is 2.29. The van der Waals surface area contributed by atoms with Crippen LogP contribution in [-0.4, -0.2) is 40.5 Å². The monoisotopic (exact) mass is 286 g/mol. The van der Waals surface area contributed by atoms with E-state index in [1.807, 2.05) is 0 Å². The molecule has 0 aromatic carbocycles. The maximum Gasteiger partial charge on any atom is 0.132 e. The van der Waals surface area contributed by atoms with Crippen molar-refractivity contribution in [1.29, 1.82) is 0 Å². The predicted octanol–water partition coefficient (Wildman–Crippen LogP) is 2.02. The number of fused-ring (bicyclic) bond motifs is 3. The molecule has 0 aliphatic carbocycles. The average Bonchev–Trinajstić information content (AvgIpc) is 2.75. The molecule has 3 aliphatic rings. The number of nitrogens with zero attached hydrogens (tertiary/aromatic N) is 3. The largest absolute Gasteiger partial charge is 0.312 e. The van der Waals surface area contributed by atoms with Gasteiger partial charge in [-0.3, -0.25) is 0 Å². The van der Waals surface area contributed by atoms with Crippen molar-refractivity contribution in [3.8, 4) is 0 Å². The van der Waals surface area contributed by atoms with Crippen molar-refractivity contribution in [3.05, 3.63) is 22.8 Å². The Morgan fingerprint density at radius 3 is 2.67 bits per heavy atom. The van der Waals surface area contributed by atoms with Crippen LogP contribution in [0.15, 0.2) is 0 Å². The first-order chi connectivity index (χ1) is 10.3. The highest BCUT2D eigenvalue weighted by molar-refractivity contribution is 5.29. The molecule has 2 unspecified atom stereocenters. The van der Waals surface area contributed by atoms with Gasteiger partial charge in [0.15, 0.2) is 0 Å². The Kier molecular flexibility index (Phi) is 3.46. The van der Waals surface area contributed by atoms with E-state index in [2.05, 4.69) is 24.2 Å². The second-order valence-electron chi connectivity index (χ2n) is 6.95. The molecule has 2 saturated heterocycles. The molecular formula is C17H26N4. The second kappa shape index (κ2) is 5.33. The molecule has 4 nitrogen and oxygen atoms in total. The van der Waals surface area contributed by atoms with Crippen LogP contribution < -0.4 is 5.32 Å². The summed E-state index contributed by atoms with van der Waals surface area (Å²) in [6.45, 7) is 4.24. The minimum absolute atomic E-state index is 0.587. The van der Waals surface area contributed by atoms with Crippen LogP contribution in [-0.2, 0) is 19.4 Å². The maximum atomic E-state index is 5.00. The van der Waals surface area contributed by atoms with Gasteiger partial charge in [0, 0.05) is 48.8 Å². The highest BCUT2D eigenvalue weighted by Gasteiger charge is 2.40. The van der Waals surface area contributed by atoms with Crippen LogP contribution in [0.4, 0.5) is 0 Å². The Labute approximate surface area is 127 Å². The zero-order valence-corrected chi connectivity index (χ0v) is 13.2. The first-order valence-electron chi connectivity index (χ1n) is 8.57. The lowest BCUT2D eigenvalue weighted by Gasteiger charge is -2.36. The van der Waals surface area contributed by atoms with Gasteiger partial charge in [-0.25, -0.2) is 9.97 Å². The normalized spacial score (nSPS) is 32.2. The van der Waals surface area contributed by atoms with E-state index >= 15 is 0 Å². The molecule has 4 heterocycles. The predicted molar refractivity (Wildman–Crippen MR) is 83.4 cm³/mol. The summed E-state index contributed by atoms with van der Waals surface area (Å²) in [4.78, 5) is 12.6. The van der Waals surface area contributed by atoms with E-state index in [1.54, 1.807) is 0 Å². The molecule has 1 aromatic heterocycles. The van der Waals surface area contributed by atoms with Gasteiger partial charge in [0.05, 0.1) is 5.69 Å². The Hall–Kier alpha value is -1.00. The zero-order valence-electron chi connectivity index (χ0n) is 13.2. The molecule has 1 aromatic rings. The van der Waals surface area contributed by atoms with Gasteiger partial charge in [-0.15, -0.1) is 0 Å². The van der Waals surface area contributed by atoms with E-state index in [-0.39, 0.29) is 0 Å². The third-order valence-electron chi connectivity index (χ3n) is 5.83. The van der Waals surface area contributed by atoms with E-state index in [9.17, 15) is 0 Å². The van der Waals surface area contributed by atoms with Gasteiger partial charge < -0.3 is 10.2 Å². The summed E-state index contributed by atoms with van der Waals surface area (Å²) >= 11 is 0. The zero-order chi connectivity index (χ0) is 14.4. The van der Waals surface area contributed by atoms with E-state index in [0.29, 0.717) is 5.92 Å². The fourth-order valence-corrected chi connectivity index (χ4v) is 4.53. The van der Waals surface area contributed by atoms with Crippen molar-refractivity contribution >= 4 is 0 Å². The van der Waals surface area contributed by atoms with Gasteiger partial charge in [0.25, 0.3) is 0 Å². The van der Waals surface area contributed by atoms with Crippen molar-refractivity contribution in [2.45, 2.75) is 70.0 Å². The van der Waals surface area contributed by atoms with Crippen molar-refractivity contribution in [3.63, 3.8) is 0 Å². The van der Waals surface area contributed by atoms with Crippen LogP contribution >= 0.6 is 0 Å². The minimum atomic E-state index is 0.587. The molecular weight excluding hydrogens is 260 g/mol. The van der Waals surface area contributed by atoms with Crippen molar-refractivity contribution in [1.82, 2.24) is 20.2 Å². The smallest absolute Gasteiger partial charge is 0.132 e. The number of aryl methyl sites for hydroxylation is 1. The summed E-state index contributed by atoms with van der Waals surface area (Å²) < 4.78 is 0. The van der Waals surface area contributed by atoms with Gasteiger partial charge in [0.1, 0.15) is 5.82 Å². The molecule has 0 spiro atoms. The summed E-state index contributed by atoms with van der Waals surface area (Å²) in [7, 11) is 2.30. The standard InChI is InChI=1S/C17H26N4/c1-3-15-14-10-18-7-6-16(14)20-17(19-15)11-8-12-4-5-13(9-11)21(12)2/h11-13,18H,3-10H2,1-2H3. The average molecular weight is 286 g/mol. The molecule has 2 bridgehead atoms. The Balaban J connectivity index is 1.66. The Bertz CT molecular complexity index is 511. The molecule has 2 fully saturated rings. The van der Waals surface area contributed by atoms with Crippen LogP contribution in [0.5, 0.6) is 0 Å². The molecule has 1 N–H and O–H groups in total. The maximum absolute atomic E-state index is 5.00. The quantitative estimate of drug-likeness (QED) is 0.903. The molecule has 114 valence electrons. The Morgan fingerprint density at radius 2 is 1.95 bits per heavy atom. The number of hydrogen-bond acceptors (Lipinski definition) is 4. The minimum Gasteiger partial charge on any atom is -0.312 e. The number of piperidine rings is 1. The van der Waals surface area contributed by atoms with E-state index in [0.717, 1.165) is 43.8 Å². The number of hydrogen-bond donors (Lipinski definition) is 1. The lowest BCUT2D eigenvalue weighted by Crippen LogP contribution is -2.39. The Morgan fingerprint density at radius 1 is 1.19 bits per heavy atom. The fourth-order valence-electron chi connectivity index (χ4n) is 4.53. The molecule has 21 heavy (non-hydrogen) atoms. The first kappa shape index (κ1) is 13.6. The summed E-state index contributed by atoms with van der Waals surface area (Å²) in [5, 5.41) is 3.46. The fraction of sp³-hybridized carbons (Fsp3) is 0.765. The molecule has 2 atom stereocenters. The topological polar surface area (TPSA) is 41.1 Å². The number of aromatic nitrogens is 2. The molecule has 3 aliphatic heterocycles. The summed E-state index contributed by atoms with van der Waals surface area (Å²) in [5.41, 5.74) is 3.98. The van der Waals surface area contributed by atoms with E-state index < -0.39 is 0 Å². The molecule has 4 heteroatoms. The first-order valence-corrected chi connectivity index (χ1v) is 8.57. The van der Waals surface area contributed by atoms with Gasteiger partial charge in [-0.05, 0) is 39.2 Å². The van der Waals surface area contributed by atoms with Gasteiger partial charge in [-0.2, -0.15) is 0 Å². The SMILES string of the molecule is CCc1nc(C2CC3CCC(C2)N3C)nc2c1CNCC2. The highest BCUT2D eigenvalue weighted by Crippen LogP contribution is 2.41. The number of rotatable bonds is 2.